The fourth-order valence-corrected chi connectivity index (χ4v) is 2.13. The van der Waals surface area contributed by atoms with E-state index < -0.39 is 6.10 Å². The van der Waals surface area contributed by atoms with Gasteiger partial charge >= 0.3 is 0 Å². The number of aliphatic hydroxyl groups is 2. The zero-order chi connectivity index (χ0) is 11.4. The van der Waals surface area contributed by atoms with Crippen molar-refractivity contribution in [3.8, 4) is 0 Å². The molecule has 0 amide bonds. The summed E-state index contributed by atoms with van der Waals surface area (Å²) in [6, 6.07) is 9.73. The predicted octanol–water partition coefficient (Wildman–Crippen LogP) is 1.18. The molecule has 3 nitrogen and oxygen atoms in total. The Morgan fingerprint density at radius 3 is 2.44 bits per heavy atom. The molecule has 1 aromatic rings. The van der Waals surface area contributed by atoms with Gasteiger partial charge in [0.15, 0.2) is 0 Å². The lowest BCUT2D eigenvalue weighted by atomic mass is 10.1. The van der Waals surface area contributed by atoms with Gasteiger partial charge in [-0.3, -0.25) is 0 Å². The fraction of sp³-hybridized carbons (Fsp3) is 0.538. The van der Waals surface area contributed by atoms with Crippen molar-refractivity contribution in [1.29, 1.82) is 0 Å². The van der Waals surface area contributed by atoms with Gasteiger partial charge in [-0.2, -0.15) is 0 Å². The Morgan fingerprint density at radius 2 is 1.81 bits per heavy atom. The number of piperidine rings is 1. The molecule has 0 aliphatic carbocycles. The van der Waals surface area contributed by atoms with Gasteiger partial charge in [0.05, 0.1) is 12.2 Å². The van der Waals surface area contributed by atoms with E-state index in [1.807, 2.05) is 30.3 Å². The summed E-state index contributed by atoms with van der Waals surface area (Å²) in [4.78, 5) is 2.21. The molecule has 2 N–H and O–H groups in total. The first-order valence-corrected chi connectivity index (χ1v) is 5.89. The maximum absolute atomic E-state index is 10.0. The Hall–Kier alpha value is -0.900. The summed E-state index contributed by atoms with van der Waals surface area (Å²) in [5.41, 5.74) is 0.966. The van der Waals surface area contributed by atoms with E-state index in [0.29, 0.717) is 6.54 Å². The first kappa shape index (κ1) is 11.6. The Balaban J connectivity index is 1.86. The Bertz CT molecular complexity index is 307. The van der Waals surface area contributed by atoms with Crippen LogP contribution in [0, 0.1) is 0 Å². The Labute approximate surface area is 96.3 Å². The van der Waals surface area contributed by atoms with Crippen molar-refractivity contribution in [2.75, 3.05) is 19.6 Å². The molecule has 0 radical (unpaired) electrons. The van der Waals surface area contributed by atoms with Crippen LogP contribution < -0.4 is 0 Å². The van der Waals surface area contributed by atoms with E-state index in [4.69, 9.17) is 0 Å². The third-order valence-electron chi connectivity index (χ3n) is 3.17. The van der Waals surface area contributed by atoms with Crippen molar-refractivity contribution in [2.24, 2.45) is 0 Å². The standard InChI is InChI=1S/C13H19NO2/c15-12-6-8-14(9-7-12)10-13(16)11-4-2-1-3-5-11/h1-5,12-13,15-16H,6-10H2/t13-/m0/s1. The smallest absolute Gasteiger partial charge is 0.0916 e. The van der Waals surface area contributed by atoms with Crippen LogP contribution >= 0.6 is 0 Å². The molecule has 88 valence electrons. The monoisotopic (exact) mass is 221 g/mol. The molecule has 1 fully saturated rings. The van der Waals surface area contributed by atoms with Gasteiger partial charge in [-0.25, -0.2) is 0 Å². The maximum Gasteiger partial charge on any atom is 0.0916 e. The molecule has 0 saturated carbocycles. The van der Waals surface area contributed by atoms with E-state index in [1.54, 1.807) is 0 Å². The van der Waals surface area contributed by atoms with E-state index in [9.17, 15) is 10.2 Å². The fourth-order valence-electron chi connectivity index (χ4n) is 2.13. The number of benzene rings is 1. The van der Waals surface area contributed by atoms with Crippen molar-refractivity contribution in [3.63, 3.8) is 0 Å². The molecule has 16 heavy (non-hydrogen) atoms. The second kappa shape index (κ2) is 5.43. The molecule has 0 unspecified atom stereocenters. The van der Waals surface area contributed by atoms with E-state index in [-0.39, 0.29) is 6.10 Å². The molecule has 0 aromatic heterocycles. The number of aliphatic hydroxyl groups excluding tert-OH is 2. The van der Waals surface area contributed by atoms with Gasteiger partial charge in [-0.1, -0.05) is 30.3 Å². The number of hydrogen-bond donors (Lipinski definition) is 2. The summed E-state index contributed by atoms with van der Waals surface area (Å²) in [5, 5.41) is 19.4. The Morgan fingerprint density at radius 1 is 1.19 bits per heavy atom. The van der Waals surface area contributed by atoms with Crippen LogP contribution in [0.3, 0.4) is 0 Å². The Kier molecular flexibility index (Phi) is 3.93. The average Bonchev–Trinajstić information content (AvgIpc) is 2.33. The highest BCUT2D eigenvalue weighted by Crippen LogP contribution is 2.17. The number of likely N-dealkylation sites (tertiary alicyclic amines) is 1. The minimum absolute atomic E-state index is 0.148. The van der Waals surface area contributed by atoms with E-state index in [0.717, 1.165) is 31.5 Å². The first-order valence-electron chi connectivity index (χ1n) is 5.89. The molecule has 1 aliphatic rings. The van der Waals surface area contributed by atoms with Crippen LogP contribution in [-0.2, 0) is 0 Å². The molecule has 1 atom stereocenters. The molecular formula is C13H19NO2. The quantitative estimate of drug-likeness (QED) is 0.805. The van der Waals surface area contributed by atoms with Gasteiger partial charge in [0.25, 0.3) is 0 Å². The van der Waals surface area contributed by atoms with E-state index in [1.165, 1.54) is 0 Å². The lowest BCUT2D eigenvalue weighted by molar-refractivity contribution is 0.0508. The van der Waals surface area contributed by atoms with Gasteiger partial charge in [0, 0.05) is 19.6 Å². The molecule has 2 rings (SSSR count). The van der Waals surface area contributed by atoms with Crippen LogP contribution in [0.5, 0.6) is 0 Å². The van der Waals surface area contributed by atoms with Crippen LogP contribution in [0.15, 0.2) is 30.3 Å². The minimum atomic E-state index is -0.420. The zero-order valence-corrected chi connectivity index (χ0v) is 9.42. The van der Waals surface area contributed by atoms with Crippen molar-refractivity contribution < 1.29 is 10.2 Å². The van der Waals surface area contributed by atoms with Crippen molar-refractivity contribution in [1.82, 2.24) is 4.90 Å². The number of rotatable bonds is 3. The van der Waals surface area contributed by atoms with Crippen LogP contribution in [-0.4, -0.2) is 40.9 Å². The first-order chi connectivity index (χ1) is 7.75. The number of β-amino-alcohol motifs (C(OH)–C–C–N with tert-alkyl or cyclic N) is 1. The highest BCUT2D eigenvalue weighted by atomic mass is 16.3. The van der Waals surface area contributed by atoms with Crippen molar-refractivity contribution in [2.45, 2.75) is 25.0 Å². The van der Waals surface area contributed by atoms with Gasteiger partial charge in [0.2, 0.25) is 0 Å². The summed E-state index contributed by atoms with van der Waals surface area (Å²) < 4.78 is 0. The molecular weight excluding hydrogens is 202 g/mol. The van der Waals surface area contributed by atoms with E-state index in [2.05, 4.69) is 4.90 Å². The SMILES string of the molecule is OC1CCN(C[C@H](O)c2ccccc2)CC1. The molecule has 3 heteroatoms. The van der Waals surface area contributed by atoms with Crippen LogP contribution in [0.1, 0.15) is 24.5 Å². The maximum atomic E-state index is 10.0. The third kappa shape index (κ3) is 3.04. The summed E-state index contributed by atoms with van der Waals surface area (Å²) >= 11 is 0. The highest BCUT2D eigenvalue weighted by Gasteiger charge is 2.19. The van der Waals surface area contributed by atoms with Gasteiger partial charge in [-0.05, 0) is 18.4 Å². The lowest BCUT2D eigenvalue weighted by Gasteiger charge is -2.31. The topological polar surface area (TPSA) is 43.7 Å². The normalized spacial score (nSPS) is 20.9. The zero-order valence-electron chi connectivity index (χ0n) is 9.42. The third-order valence-corrected chi connectivity index (χ3v) is 3.17. The van der Waals surface area contributed by atoms with Gasteiger partial charge < -0.3 is 15.1 Å². The predicted molar refractivity (Wildman–Crippen MR) is 63.1 cm³/mol. The summed E-state index contributed by atoms with van der Waals surface area (Å²) in [5.74, 6) is 0. The van der Waals surface area contributed by atoms with Gasteiger partial charge in [-0.15, -0.1) is 0 Å². The molecule has 1 aliphatic heterocycles. The molecule has 0 bridgehead atoms. The van der Waals surface area contributed by atoms with Crippen molar-refractivity contribution in [3.05, 3.63) is 35.9 Å². The largest absolute Gasteiger partial charge is 0.393 e. The molecule has 0 spiro atoms. The molecule has 1 saturated heterocycles. The minimum Gasteiger partial charge on any atom is -0.393 e. The van der Waals surface area contributed by atoms with Crippen LogP contribution in [0.2, 0.25) is 0 Å². The summed E-state index contributed by atoms with van der Waals surface area (Å²) in [6.07, 6.45) is 1.07. The highest BCUT2D eigenvalue weighted by molar-refractivity contribution is 5.17. The van der Waals surface area contributed by atoms with E-state index >= 15 is 0 Å². The summed E-state index contributed by atoms with van der Waals surface area (Å²) in [6.45, 7) is 2.42. The van der Waals surface area contributed by atoms with Crippen LogP contribution in [0.4, 0.5) is 0 Å². The second-order valence-electron chi connectivity index (χ2n) is 4.46. The lowest BCUT2D eigenvalue weighted by Crippen LogP contribution is -2.38. The molecule has 1 aromatic carbocycles. The number of nitrogens with zero attached hydrogens (tertiary/aromatic N) is 1. The van der Waals surface area contributed by atoms with Crippen LogP contribution in [0.25, 0.3) is 0 Å². The number of hydrogen-bond acceptors (Lipinski definition) is 3. The second-order valence-corrected chi connectivity index (χ2v) is 4.46. The van der Waals surface area contributed by atoms with Gasteiger partial charge in [0.1, 0.15) is 0 Å². The summed E-state index contributed by atoms with van der Waals surface area (Å²) in [7, 11) is 0. The van der Waals surface area contributed by atoms with Crippen molar-refractivity contribution >= 4 is 0 Å². The molecule has 1 heterocycles. The average molecular weight is 221 g/mol.